The fourth-order valence-corrected chi connectivity index (χ4v) is 6.25. The second-order valence-electron chi connectivity index (χ2n) is 10.8. The van der Waals surface area contributed by atoms with Gasteiger partial charge in [-0.1, -0.05) is 12.1 Å². The molecule has 1 aliphatic carbocycles. The van der Waals surface area contributed by atoms with Crippen LogP contribution in [0.15, 0.2) is 54.2 Å². The van der Waals surface area contributed by atoms with Crippen LogP contribution in [0.2, 0.25) is 0 Å². The van der Waals surface area contributed by atoms with Gasteiger partial charge in [-0.3, -0.25) is 9.59 Å². The van der Waals surface area contributed by atoms with Crippen molar-refractivity contribution in [3.63, 3.8) is 0 Å². The number of alkyl halides is 6. The summed E-state index contributed by atoms with van der Waals surface area (Å²) < 4.78 is 94.7. The molecule has 40 heavy (non-hydrogen) atoms. The number of hydrogen-bond donors (Lipinski definition) is 0. The van der Waals surface area contributed by atoms with Crippen molar-refractivity contribution in [1.82, 2.24) is 9.80 Å². The van der Waals surface area contributed by atoms with Crippen molar-refractivity contribution in [2.45, 2.75) is 50.5 Å². The molecule has 2 unspecified atom stereocenters. The average Bonchev–Trinajstić information content (AvgIpc) is 3.52. The summed E-state index contributed by atoms with van der Waals surface area (Å²) in [5, 5.41) is 0. The van der Waals surface area contributed by atoms with Crippen LogP contribution < -0.4 is 0 Å². The van der Waals surface area contributed by atoms with Gasteiger partial charge in [-0.15, -0.1) is 0 Å². The molecule has 0 saturated carbocycles. The molecule has 2 saturated heterocycles. The highest BCUT2D eigenvalue weighted by molar-refractivity contribution is 5.92. The summed E-state index contributed by atoms with van der Waals surface area (Å²) in [7, 11) is 0. The Bertz CT molecular complexity index is 1300. The van der Waals surface area contributed by atoms with Crippen molar-refractivity contribution < 1.29 is 40.3 Å². The molecule has 3 aliphatic rings. The number of rotatable bonds is 4. The van der Waals surface area contributed by atoms with Crippen LogP contribution >= 0.6 is 0 Å². The van der Waals surface area contributed by atoms with Crippen LogP contribution in [0.4, 0.5) is 30.7 Å². The lowest BCUT2D eigenvalue weighted by Crippen LogP contribution is -2.47. The molecule has 11 heteroatoms. The zero-order chi connectivity index (χ0) is 29.0. The summed E-state index contributed by atoms with van der Waals surface area (Å²) in [6, 6.07) is 6.31. The highest BCUT2D eigenvalue weighted by atomic mass is 19.4. The van der Waals surface area contributed by atoms with Crippen LogP contribution in [0, 0.1) is 17.7 Å². The van der Waals surface area contributed by atoms with Gasteiger partial charge in [0.15, 0.2) is 5.78 Å². The highest BCUT2D eigenvalue weighted by Gasteiger charge is 2.47. The van der Waals surface area contributed by atoms with E-state index in [2.05, 4.69) is 4.90 Å². The van der Waals surface area contributed by atoms with Crippen LogP contribution in [-0.4, -0.2) is 41.1 Å². The number of allylic oxidation sites excluding steroid dienone is 2. The molecule has 0 spiro atoms. The predicted octanol–water partition coefficient (Wildman–Crippen LogP) is 6.74. The van der Waals surface area contributed by atoms with Crippen LogP contribution in [-0.2, 0) is 21.9 Å². The fourth-order valence-electron chi connectivity index (χ4n) is 6.25. The number of carbonyl (C=O) groups is 2. The first kappa shape index (κ1) is 28.2. The van der Waals surface area contributed by atoms with Gasteiger partial charge in [0.2, 0.25) is 5.91 Å². The first-order valence-electron chi connectivity index (χ1n) is 13.1. The molecule has 0 bridgehead atoms. The van der Waals surface area contributed by atoms with E-state index < -0.39 is 47.2 Å². The van der Waals surface area contributed by atoms with Crippen molar-refractivity contribution >= 4 is 11.7 Å². The summed E-state index contributed by atoms with van der Waals surface area (Å²) in [4.78, 5) is 29.3. The lowest BCUT2D eigenvalue weighted by Gasteiger charge is -2.44. The molecule has 2 aromatic carbocycles. The molecule has 0 radical (unpaired) electrons. The Morgan fingerprint density at radius 3 is 2.10 bits per heavy atom. The van der Waals surface area contributed by atoms with Crippen LogP contribution in [0.1, 0.15) is 60.4 Å². The molecule has 0 N–H and O–H groups in total. The predicted molar refractivity (Wildman–Crippen MR) is 131 cm³/mol. The molecule has 2 fully saturated rings. The summed E-state index contributed by atoms with van der Waals surface area (Å²) >= 11 is 0. The number of carbonyl (C=O) groups excluding carboxylic acids is 2. The summed E-state index contributed by atoms with van der Waals surface area (Å²) in [5.74, 6) is -2.32. The van der Waals surface area contributed by atoms with E-state index >= 15 is 0 Å². The van der Waals surface area contributed by atoms with Crippen LogP contribution in [0.25, 0.3) is 0 Å². The van der Waals surface area contributed by atoms with Crippen molar-refractivity contribution in [2.24, 2.45) is 11.8 Å². The van der Waals surface area contributed by atoms with Crippen LogP contribution in [0.5, 0.6) is 0 Å². The Balaban J connectivity index is 1.49. The number of nitrogens with zero attached hydrogens (tertiary/aromatic N) is 2. The third-order valence-electron chi connectivity index (χ3n) is 8.31. The Morgan fingerprint density at radius 2 is 1.55 bits per heavy atom. The average molecular weight is 569 g/mol. The minimum absolute atomic E-state index is 0.0447. The van der Waals surface area contributed by atoms with Crippen LogP contribution in [0.3, 0.4) is 0 Å². The molecule has 2 aromatic rings. The number of halogens is 7. The molecule has 214 valence electrons. The third kappa shape index (κ3) is 5.47. The topological polar surface area (TPSA) is 40.6 Å². The van der Waals surface area contributed by atoms with E-state index in [1.54, 1.807) is 18.2 Å². The van der Waals surface area contributed by atoms with Gasteiger partial charge in [-0.2, -0.15) is 26.3 Å². The smallest absolute Gasteiger partial charge is 0.374 e. The number of fused-ring (bicyclic) bond motifs is 1. The second-order valence-corrected chi connectivity index (χ2v) is 10.8. The van der Waals surface area contributed by atoms with Gasteiger partial charge in [0.05, 0.1) is 23.1 Å². The van der Waals surface area contributed by atoms with E-state index in [0.717, 1.165) is 5.70 Å². The lowest BCUT2D eigenvalue weighted by atomic mass is 9.78. The Hall–Kier alpha value is -3.37. The molecule has 2 aliphatic heterocycles. The normalized spacial score (nSPS) is 24.2. The molecular weight excluding hydrogens is 541 g/mol. The van der Waals surface area contributed by atoms with Crippen molar-refractivity contribution in [2.75, 3.05) is 19.6 Å². The lowest BCUT2D eigenvalue weighted by molar-refractivity contribution is -0.144. The Morgan fingerprint density at radius 1 is 0.925 bits per heavy atom. The van der Waals surface area contributed by atoms with Gasteiger partial charge >= 0.3 is 12.4 Å². The minimum atomic E-state index is -5.03. The SMILES string of the molecule is CC(C(=O)N1CCC2CN(C3=CC(=O)CC3)C[C@H]2[C@@H]1c1ccc(F)cc1)c1cc(C(F)(F)F)cc(C(F)(F)F)c1. The maximum Gasteiger partial charge on any atom is 0.416 e. The standard InChI is InChI=1S/C29H27F7N2O2/c1-16(19-10-20(28(31,32)33)12-21(11-19)29(34,35)36)27(40)38-9-8-18-14-37(23-6-7-24(39)13-23)15-25(18)26(38)17-2-4-22(30)5-3-17/h2-5,10-13,16,18,25-26H,6-9,14-15H2,1H3/t16?,18?,25-,26+/m1/s1. The maximum atomic E-state index is 13.9. The minimum Gasteiger partial charge on any atom is -0.374 e. The summed E-state index contributed by atoms with van der Waals surface area (Å²) in [6.45, 7) is 2.73. The van der Waals surface area contributed by atoms with Crippen molar-refractivity contribution in [3.8, 4) is 0 Å². The highest BCUT2D eigenvalue weighted by Crippen LogP contribution is 2.47. The number of amides is 1. The zero-order valence-corrected chi connectivity index (χ0v) is 21.5. The van der Waals surface area contributed by atoms with Gasteiger partial charge in [-0.05, 0) is 67.1 Å². The third-order valence-corrected chi connectivity index (χ3v) is 8.31. The number of piperidine rings is 1. The summed E-state index contributed by atoms with van der Waals surface area (Å²) in [5.41, 5.74) is -1.77. The number of ketones is 1. The first-order valence-corrected chi connectivity index (χ1v) is 13.1. The largest absolute Gasteiger partial charge is 0.416 e. The molecule has 1 amide bonds. The Kier molecular flexibility index (Phi) is 7.20. The second kappa shape index (κ2) is 10.2. The zero-order valence-electron chi connectivity index (χ0n) is 21.5. The van der Waals surface area contributed by atoms with E-state index in [-0.39, 0.29) is 35.8 Å². The monoisotopic (exact) mass is 568 g/mol. The number of hydrogen-bond acceptors (Lipinski definition) is 3. The molecule has 2 heterocycles. The van der Waals surface area contributed by atoms with Crippen molar-refractivity contribution in [1.29, 1.82) is 0 Å². The van der Waals surface area contributed by atoms with E-state index in [1.807, 2.05) is 0 Å². The van der Waals surface area contributed by atoms with Crippen molar-refractivity contribution in [3.05, 3.63) is 82.3 Å². The summed E-state index contributed by atoms with van der Waals surface area (Å²) in [6.07, 6.45) is -6.80. The van der Waals surface area contributed by atoms with E-state index in [0.29, 0.717) is 50.0 Å². The van der Waals surface area contributed by atoms with Gasteiger partial charge < -0.3 is 9.80 Å². The molecule has 4 nitrogen and oxygen atoms in total. The van der Waals surface area contributed by atoms with E-state index in [9.17, 15) is 40.3 Å². The molecule has 5 rings (SSSR count). The van der Waals surface area contributed by atoms with Gasteiger partial charge in [0.25, 0.3) is 0 Å². The first-order chi connectivity index (χ1) is 18.7. The fraction of sp³-hybridized carbons (Fsp3) is 0.448. The van der Waals surface area contributed by atoms with Gasteiger partial charge in [-0.25, -0.2) is 4.39 Å². The van der Waals surface area contributed by atoms with E-state index in [1.165, 1.54) is 24.0 Å². The number of likely N-dealkylation sites (tertiary alicyclic amines) is 2. The molecule has 0 aromatic heterocycles. The molecule has 4 atom stereocenters. The number of benzene rings is 2. The maximum absolute atomic E-state index is 13.9. The quantitative estimate of drug-likeness (QED) is 0.384. The molecular formula is C29H27F7N2O2. The van der Waals surface area contributed by atoms with E-state index in [4.69, 9.17) is 0 Å². The van der Waals surface area contributed by atoms with Gasteiger partial charge in [0.1, 0.15) is 5.82 Å². The Labute approximate surface area is 226 Å². The van der Waals surface area contributed by atoms with Gasteiger partial charge in [0, 0.05) is 43.7 Å².